The molecule has 282 valence electrons. The van der Waals surface area contributed by atoms with Gasteiger partial charge in [0.15, 0.2) is 0 Å². The zero-order valence-corrected chi connectivity index (χ0v) is 29.7. The minimum atomic E-state index is -4.86. The smallest absolute Gasteiger partial charge is 0.425 e. The second kappa shape index (κ2) is 16.3. The zero-order chi connectivity index (χ0) is 37.7. The maximum Gasteiger partial charge on any atom is 0.425 e. The maximum absolute atomic E-state index is 14.8. The van der Waals surface area contributed by atoms with E-state index in [0.29, 0.717) is 61.9 Å². The van der Waals surface area contributed by atoms with Crippen LogP contribution in [0.5, 0.6) is 11.5 Å². The number of carbonyl (C=O) groups is 3. The topological polar surface area (TPSA) is 89.0 Å². The summed E-state index contributed by atoms with van der Waals surface area (Å²) in [5.74, 6) is -0.948. The lowest BCUT2D eigenvalue weighted by molar-refractivity contribution is -0.160. The highest BCUT2D eigenvalue weighted by Crippen LogP contribution is 2.44. The van der Waals surface area contributed by atoms with E-state index in [4.69, 9.17) is 9.47 Å². The number of amides is 2. The summed E-state index contributed by atoms with van der Waals surface area (Å²) in [6.07, 6.45) is -4.98. The molecule has 0 spiro atoms. The molecule has 8 nitrogen and oxygen atoms in total. The molecule has 2 atom stereocenters. The highest BCUT2D eigenvalue weighted by molar-refractivity contribution is 7.10. The standard InChI is InChI=1S/C37H41F6N3O5S/c1-3-8-31-35(51-26-21-32(52-23-26)37(41,42)43,15-7-17-46(31)33(48)28-22-44-16-12-29(28)36(38,39)40)34(49)45-18-13-25(14-19-45)27-10-4-5-11-30(27)50-20-6-9-24(2)47/h4-5,10-12,16,21-23,25,31H,3,6-9,13-15,17-20H2,1-2H3/t31-,35+/m1/s1. The monoisotopic (exact) mass is 753 g/mol. The Morgan fingerprint density at radius 3 is 2.40 bits per heavy atom. The van der Waals surface area contributed by atoms with Crippen LogP contribution in [0, 0.1) is 0 Å². The van der Waals surface area contributed by atoms with Crippen molar-refractivity contribution in [3.63, 3.8) is 0 Å². The first-order valence-electron chi connectivity index (χ1n) is 17.3. The second-order valence-corrected chi connectivity index (χ2v) is 14.1. The lowest BCUT2D eigenvalue weighted by atomic mass is 9.79. The van der Waals surface area contributed by atoms with Crippen molar-refractivity contribution in [1.29, 1.82) is 0 Å². The first-order chi connectivity index (χ1) is 24.7. The number of ether oxygens (including phenoxy) is 2. The molecule has 0 aliphatic carbocycles. The number of thiophene rings is 1. The van der Waals surface area contributed by atoms with Gasteiger partial charge in [0.25, 0.3) is 11.8 Å². The molecule has 2 saturated heterocycles. The van der Waals surface area contributed by atoms with Gasteiger partial charge < -0.3 is 24.1 Å². The quantitative estimate of drug-likeness (QED) is 0.136. The van der Waals surface area contributed by atoms with Gasteiger partial charge in [-0.25, -0.2) is 0 Å². The molecule has 4 heterocycles. The SMILES string of the molecule is CCC[C@H]1N(C(=O)c2cnccc2C(F)(F)F)CCC[C@@]1(Oc1csc(C(F)(F)F)c1)C(=O)N1CCC(c2ccccc2OCCCC(C)=O)CC1. The molecule has 2 amide bonds. The number of alkyl halides is 6. The number of carbonyl (C=O) groups excluding carboxylic acids is 3. The van der Waals surface area contributed by atoms with Crippen LogP contribution in [0.15, 0.2) is 54.2 Å². The van der Waals surface area contributed by atoms with Crippen LogP contribution in [0.25, 0.3) is 0 Å². The molecule has 5 rings (SSSR count). The number of hydrogen-bond donors (Lipinski definition) is 0. The van der Waals surface area contributed by atoms with E-state index in [1.165, 1.54) is 11.8 Å². The number of para-hydroxylation sites is 1. The summed E-state index contributed by atoms with van der Waals surface area (Å²) < 4.78 is 95.4. The Morgan fingerprint density at radius 2 is 1.75 bits per heavy atom. The molecular formula is C37H41F6N3O5S. The van der Waals surface area contributed by atoms with Crippen molar-refractivity contribution >= 4 is 28.9 Å². The Morgan fingerprint density at radius 1 is 1.02 bits per heavy atom. The normalized spacial score (nSPS) is 20.1. The molecule has 2 aliphatic rings. The number of pyridine rings is 1. The summed E-state index contributed by atoms with van der Waals surface area (Å²) in [6, 6.07) is 7.99. The molecule has 0 bridgehead atoms. The largest absolute Gasteiger partial charge is 0.493 e. The zero-order valence-electron chi connectivity index (χ0n) is 28.9. The molecule has 3 aromatic rings. The first-order valence-corrected chi connectivity index (χ1v) is 18.2. The van der Waals surface area contributed by atoms with Crippen molar-refractivity contribution in [1.82, 2.24) is 14.8 Å². The molecule has 0 radical (unpaired) electrons. The fourth-order valence-corrected chi connectivity index (χ4v) is 7.89. The van der Waals surface area contributed by atoms with Crippen LogP contribution in [0.4, 0.5) is 26.3 Å². The number of piperidine rings is 2. The predicted molar refractivity (Wildman–Crippen MR) is 181 cm³/mol. The third-order valence-corrected chi connectivity index (χ3v) is 10.6. The fraction of sp³-hybridized carbons (Fsp3) is 0.514. The van der Waals surface area contributed by atoms with E-state index in [1.54, 1.807) is 11.8 Å². The van der Waals surface area contributed by atoms with Crippen LogP contribution >= 0.6 is 11.3 Å². The molecule has 2 aliphatic heterocycles. The van der Waals surface area contributed by atoms with Gasteiger partial charge in [0.05, 0.1) is 23.8 Å². The van der Waals surface area contributed by atoms with Gasteiger partial charge in [0, 0.05) is 56.3 Å². The Balaban J connectivity index is 1.45. The molecule has 0 N–H and O–H groups in total. The molecule has 52 heavy (non-hydrogen) atoms. The van der Waals surface area contributed by atoms with Crippen molar-refractivity contribution < 1.29 is 50.2 Å². The number of halogens is 6. The van der Waals surface area contributed by atoms with Gasteiger partial charge >= 0.3 is 12.4 Å². The van der Waals surface area contributed by atoms with Gasteiger partial charge in [-0.1, -0.05) is 31.5 Å². The van der Waals surface area contributed by atoms with Crippen LogP contribution in [0.2, 0.25) is 0 Å². The first kappa shape index (κ1) is 39.1. The molecule has 0 unspecified atom stereocenters. The Bertz CT molecular complexity index is 1720. The van der Waals surface area contributed by atoms with Gasteiger partial charge in [0.2, 0.25) is 5.60 Å². The Kier molecular flexibility index (Phi) is 12.2. The van der Waals surface area contributed by atoms with E-state index in [0.717, 1.165) is 29.4 Å². The number of nitrogens with zero attached hydrogens (tertiary/aromatic N) is 3. The highest BCUT2D eigenvalue weighted by Gasteiger charge is 2.56. The second-order valence-electron chi connectivity index (χ2n) is 13.2. The average Bonchev–Trinajstić information content (AvgIpc) is 3.59. The van der Waals surface area contributed by atoms with E-state index in [1.807, 2.05) is 24.3 Å². The lowest BCUT2D eigenvalue weighted by Gasteiger charge is -2.50. The number of ketones is 1. The Labute approximate surface area is 302 Å². The maximum atomic E-state index is 14.8. The van der Waals surface area contributed by atoms with E-state index in [2.05, 4.69) is 4.98 Å². The van der Waals surface area contributed by atoms with Gasteiger partial charge in [-0.2, -0.15) is 26.3 Å². The Hall–Kier alpha value is -4.14. The number of aromatic nitrogens is 1. The summed E-state index contributed by atoms with van der Waals surface area (Å²) in [5, 5.41) is 1.16. The van der Waals surface area contributed by atoms with Crippen LogP contribution < -0.4 is 9.47 Å². The average molecular weight is 754 g/mol. The molecular weight excluding hydrogens is 712 g/mol. The minimum Gasteiger partial charge on any atom is -0.493 e. The van der Waals surface area contributed by atoms with Crippen molar-refractivity contribution in [3.8, 4) is 11.5 Å². The number of likely N-dealkylation sites (tertiary alicyclic amines) is 2. The lowest BCUT2D eigenvalue weighted by Crippen LogP contribution is -2.68. The highest BCUT2D eigenvalue weighted by atomic mass is 32.1. The molecule has 2 aromatic heterocycles. The summed E-state index contributed by atoms with van der Waals surface area (Å²) in [4.78, 5) is 45.8. The van der Waals surface area contributed by atoms with Gasteiger partial charge in [-0.05, 0) is 62.6 Å². The van der Waals surface area contributed by atoms with E-state index in [9.17, 15) is 40.7 Å². The van der Waals surface area contributed by atoms with Gasteiger partial charge in [-0.3, -0.25) is 14.6 Å². The number of Topliss-reactive ketones (excluding diaryl/α,β-unsaturated/α-hetero) is 1. The summed E-state index contributed by atoms with van der Waals surface area (Å²) >= 11 is 0.405. The van der Waals surface area contributed by atoms with Crippen molar-refractivity contribution in [2.24, 2.45) is 0 Å². The number of hydrogen-bond acceptors (Lipinski definition) is 7. The number of benzene rings is 1. The van der Waals surface area contributed by atoms with Crippen molar-refractivity contribution in [2.75, 3.05) is 26.2 Å². The van der Waals surface area contributed by atoms with Crippen molar-refractivity contribution in [3.05, 3.63) is 75.7 Å². The predicted octanol–water partition coefficient (Wildman–Crippen LogP) is 8.56. The third-order valence-electron chi connectivity index (χ3n) is 9.63. The van der Waals surface area contributed by atoms with Crippen LogP contribution in [-0.2, 0) is 21.9 Å². The molecule has 1 aromatic carbocycles. The summed E-state index contributed by atoms with van der Waals surface area (Å²) in [6.45, 7) is 4.21. The summed E-state index contributed by atoms with van der Waals surface area (Å²) in [5.41, 5.74) is -2.78. The van der Waals surface area contributed by atoms with Gasteiger partial charge in [-0.15, -0.1) is 11.3 Å². The number of rotatable bonds is 12. The molecule has 0 saturated carbocycles. The molecule has 2 fully saturated rings. The van der Waals surface area contributed by atoms with E-state index in [-0.39, 0.29) is 56.3 Å². The van der Waals surface area contributed by atoms with E-state index < -0.39 is 51.8 Å². The van der Waals surface area contributed by atoms with Crippen LogP contribution in [0.1, 0.15) is 97.5 Å². The van der Waals surface area contributed by atoms with Gasteiger partial charge in [0.1, 0.15) is 22.2 Å². The van der Waals surface area contributed by atoms with Crippen LogP contribution in [-0.4, -0.2) is 70.3 Å². The summed E-state index contributed by atoms with van der Waals surface area (Å²) in [7, 11) is 0. The minimum absolute atomic E-state index is 0.0107. The molecule has 15 heteroatoms. The fourth-order valence-electron chi connectivity index (χ4n) is 7.22. The third kappa shape index (κ3) is 8.72. The van der Waals surface area contributed by atoms with Crippen LogP contribution in [0.3, 0.4) is 0 Å². The van der Waals surface area contributed by atoms with E-state index >= 15 is 0 Å². The van der Waals surface area contributed by atoms with Crippen molar-refractivity contribution in [2.45, 2.75) is 95.1 Å².